The monoisotopic (exact) mass is 407 g/mol. The van der Waals surface area contributed by atoms with Crippen molar-refractivity contribution in [3.8, 4) is 0 Å². The van der Waals surface area contributed by atoms with Gasteiger partial charge in [-0.2, -0.15) is 4.72 Å². The number of rotatable bonds is 5. The Bertz CT molecular complexity index is 792. The number of sulfonamides is 1. The Balaban J connectivity index is 2.23. The van der Waals surface area contributed by atoms with E-state index in [1.165, 1.54) is 36.4 Å². The zero-order chi connectivity index (χ0) is 17.8. The van der Waals surface area contributed by atoms with Crippen molar-refractivity contribution in [2.24, 2.45) is 0 Å². The maximum atomic E-state index is 12.3. The predicted octanol–water partition coefficient (Wildman–Crippen LogP) is 3.52. The van der Waals surface area contributed by atoms with E-state index >= 15 is 0 Å². The van der Waals surface area contributed by atoms with Crippen LogP contribution in [0, 0.1) is 0 Å². The summed E-state index contributed by atoms with van der Waals surface area (Å²) < 4.78 is 29.6. The Hall–Kier alpha value is -1.31. The predicted molar refractivity (Wildman–Crippen MR) is 92.7 cm³/mol. The smallest absolute Gasteiger partial charge is 0.339 e. The number of alkyl halides is 3. The van der Waals surface area contributed by atoms with Crippen LogP contribution in [-0.4, -0.2) is 24.4 Å². The molecular weight excluding hydrogens is 397 g/mol. The van der Waals surface area contributed by atoms with Gasteiger partial charge in [-0.25, -0.2) is 13.2 Å². The molecule has 0 aliphatic rings. The zero-order valence-electron chi connectivity index (χ0n) is 12.0. The Morgan fingerprint density at radius 2 is 1.46 bits per heavy atom. The van der Waals surface area contributed by atoms with Crippen molar-refractivity contribution in [3.63, 3.8) is 0 Å². The second-order valence-electron chi connectivity index (χ2n) is 4.63. The molecule has 0 amide bonds. The fourth-order valence-electron chi connectivity index (χ4n) is 1.72. The number of carbonyl (C=O) groups excluding carboxylic acids is 1. The number of hydrogen-bond acceptors (Lipinski definition) is 4. The van der Waals surface area contributed by atoms with E-state index in [0.717, 1.165) is 0 Å². The van der Waals surface area contributed by atoms with Crippen LogP contribution in [-0.2, 0) is 14.8 Å². The van der Waals surface area contributed by atoms with Crippen LogP contribution in [0.4, 0.5) is 0 Å². The van der Waals surface area contributed by atoms with Gasteiger partial charge in [0.1, 0.15) is 0 Å². The van der Waals surface area contributed by atoms with Crippen molar-refractivity contribution in [2.75, 3.05) is 0 Å². The molecule has 1 N–H and O–H groups in total. The molecule has 0 aromatic heterocycles. The lowest BCUT2D eigenvalue weighted by Crippen LogP contribution is -2.46. The molecule has 0 aliphatic carbocycles. The molecule has 0 fully saturated rings. The van der Waals surface area contributed by atoms with Crippen LogP contribution < -0.4 is 4.72 Å². The number of benzene rings is 2. The molecule has 0 heterocycles. The second kappa shape index (κ2) is 7.72. The van der Waals surface area contributed by atoms with Crippen molar-refractivity contribution >= 4 is 50.8 Å². The average Bonchev–Trinajstić information content (AvgIpc) is 2.55. The molecule has 0 radical (unpaired) electrons. The number of hydrogen-bond donors (Lipinski definition) is 1. The molecule has 24 heavy (non-hydrogen) atoms. The fourth-order valence-corrected chi connectivity index (χ4v) is 3.37. The SMILES string of the molecule is O=C(OC(NS(=O)(=O)c1ccccc1)C(Cl)(Cl)Cl)c1ccccc1. The van der Waals surface area contributed by atoms with Crippen LogP contribution in [0.5, 0.6) is 0 Å². The Labute approximate surface area is 154 Å². The highest BCUT2D eigenvalue weighted by Crippen LogP contribution is 2.32. The number of esters is 1. The molecule has 128 valence electrons. The summed E-state index contributed by atoms with van der Waals surface area (Å²) in [6.07, 6.45) is -1.71. The molecule has 0 saturated heterocycles. The van der Waals surface area contributed by atoms with Crippen LogP contribution in [0.2, 0.25) is 0 Å². The van der Waals surface area contributed by atoms with Crippen LogP contribution >= 0.6 is 34.8 Å². The first-order valence-electron chi connectivity index (χ1n) is 6.60. The first-order valence-corrected chi connectivity index (χ1v) is 9.22. The van der Waals surface area contributed by atoms with E-state index in [1.807, 2.05) is 0 Å². The van der Waals surface area contributed by atoms with Crippen molar-refractivity contribution in [1.82, 2.24) is 4.72 Å². The first-order chi connectivity index (χ1) is 11.2. The van der Waals surface area contributed by atoms with E-state index in [1.54, 1.807) is 24.3 Å². The highest BCUT2D eigenvalue weighted by Gasteiger charge is 2.39. The van der Waals surface area contributed by atoms with Gasteiger partial charge in [0.2, 0.25) is 20.0 Å². The van der Waals surface area contributed by atoms with Gasteiger partial charge in [0.25, 0.3) is 0 Å². The molecule has 0 bridgehead atoms. The highest BCUT2D eigenvalue weighted by atomic mass is 35.6. The van der Waals surface area contributed by atoms with E-state index < -0.39 is 26.0 Å². The largest absolute Gasteiger partial charge is 0.437 e. The van der Waals surface area contributed by atoms with E-state index in [0.29, 0.717) is 0 Å². The van der Waals surface area contributed by atoms with Crippen LogP contribution in [0.15, 0.2) is 65.6 Å². The summed E-state index contributed by atoms with van der Waals surface area (Å²) in [5.41, 5.74) is 0.190. The summed E-state index contributed by atoms with van der Waals surface area (Å²) in [7, 11) is -4.05. The minimum absolute atomic E-state index is 0.0555. The number of nitrogens with one attached hydrogen (secondary N) is 1. The molecule has 0 saturated carbocycles. The molecule has 1 atom stereocenters. The molecule has 9 heteroatoms. The summed E-state index contributed by atoms with van der Waals surface area (Å²) in [5, 5.41) is 0. The molecule has 0 aliphatic heterocycles. The van der Waals surface area contributed by atoms with Gasteiger partial charge in [-0.05, 0) is 24.3 Å². The zero-order valence-corrected chi connectivity index (χ0v) is 15.1. The van der Waals surface area contributed by atoms with Gasteiger partial charge >= 0.3 is 5.97 Å². The summed E-state index contributed by atoms with van der Waals surface area (Å²) in [6.45, 7) is 0. The van der Waals surface area contributed by atoms with Gasteiger partial charge in [0, 0.05) is 0 Å². The van der Waals surface area contributed by atoms with Crippen LogP contribution in [0.3, 0.4) is 0 Å². The second-order valence-corrected chi connectivity index (χ2v) is 8.71. The van der Waals surface area contributed by atoms with Crippen LogP contribution in [0.1, 0.15) is 10.4 Å². The third kappa shape index (κ3) is 5.09. The normalized spacial score (nSPS) is 13.3. The summed E-state index contributed by atoms with van der Waals surface area (Å²) >= 11 is 17.3. The average molecular weight is 409 g/mol. The third-order valence-corrected chi connectivity index (χ3v) is 4.86. The minimum atomic E-state index is -4.05. The van der Waals surface area contributed by atoms with E-state index in [9.17, 15) is 13.2 Å². The molecule has 1 unspecified atom stereocenters. The third-order valence-electron chi connectivity index (χ3n) is 2.85. The molecule has 2 rings (SSSR count). The Kier molecular flexibility index (Phi) is 6.11. The van der Waals surface area contributed by atoms with Gasteiger partial charge in [-0.15, -0.1) is 0 Å². The van der Waals surface area contributed by atoms with E-state index in [2.05, 4.69) is 4.72 Å². The maximum absolute atomic E-state index is 12.3. The topological polar surface area (TPSA) is 72.5 Å². The Morgan fingerprint density at radius 3 is 1.96 bits per heavy atom. The fraction of sp³-hybridized carbons (Fsp3) is 0.133. The highest BCUT2D eigenvalue weighted by molar-refractivity contribution is 7.89. The first kappa shape index (κ1) is 19.0. The lowest BCUT2D eigenvalue weighted by Gasteiger charge is -2.25. The maximum Gasteiger partial charge on any atom is 0.339 e. The summed E-state index contributed by atoms with van der Waals surface area (Å²) in [6, 6.07) is 15.4. The molecule has 2 aromatic rings. The minimum Gasteiger partial charge on any atom is -0.437 e. The quantitative estimate of drug-likeness (QED) is 0.467. The molecule has 2 aromatic carbocycles. The van der Waals surface area contributed by atoms with Crippen LogP contribution in [0.25, 0.3) is 0 Å². The standard InChI is InChI=1S/C15H12Cl3NO4S/c16-15(17,18)14(23-13(20)11-7-3-1-4-8-11)19-24(21,22)12-9-5-2-6-10-12/h1-10,14,19H. The Morgan fingerprint density at radius 1 is 0.958 bits per heavy atom. The molecule has 5 nitrogen and oxygen atoms in total. The lowest BCUT2D eigenvalue weighted by molar-refractivity contribution is 0.0285. The summed E-state index contributed by atoms with van der Waals surface area (Å²) in [4.78, 5) is 12.0. The van der Waals surface area contributed by atoms with E-state index in [4.69, 9.17) is 39.5 Å². The summed E-state index contributed by atoms with van der Waals surface area (Å²) in [5.74, 6) is -0.831. The van der Waals surface area contributed by atoms with Crippen molar-refractivity contribution < 1.29 is 17.9 Å². The number of carbonyl (C=O) groups is 1. The lowest BCUT2D eigenvalue weighted by atomic mass is 10.2. The van der Waals surface area contributed by atoms with Gasteiger partial charge in [-0.3, -0.25) is 0 Å². The number of halogens is 3. The van der Waals surface area contributed by atoms with Crippen molar-refractivity contribution in [1.29, 1.82) is 0 Å². The van der Waals surface area contributed by atoms with Gasteiger partial charge in [-0.1, -0.05) is 71.2 Å². The van der Waals surface area contributed by atoms with Crippen molar-refractivity contribution in [2.45, 2.75) is 14.9 Å². The van der Waals surface area contributed by atoms with Gasteiger partial charge in [0.15, 0.2) is 0 Å². The van der Waals surface area contributed by atoms with Crippen molar-refractivity contribution in [3.05, 3.63) is 66.2 Å². The number of ether oxygens (including phenoxy) is 1. The van der Waals surface area contributed by atoms with E-state index in [-0.39, 0.29) is 10.5 Å². The van der Waals surface area contributed by atoms with Gasteiger partial charge < -0.3 is 4.74 Å². The molecule has 0 spiro atoms. The van der Waals surface area contributed by atoms with Gasteiger partial charge in [0.05, 0.1) is 10.5 Å². The molecular formula is C15H12Cl3NO4S.